The number of hydrogen-bond donors (Lipinski definition) is 1. The van der Waals surface area contributed by atoms with Gasteiger partial charge in [-0.3, -0.25) is 4.79 Å². The predicted octanol–water partition coefficient (Wildman–Crippen LogP) is 4.30. The third-order valence-corrected chi connectivity index (χ3v) is 7.02. The van der Waals surface area contributed by atoms with Crippen LogP contribution in [0.25, 0.3) is 0 Å². The summed E-state index contributed by atoms with van der Waals surface area (Å²) in [4.78, 5) is 31.3. The minimum atomic E-state index is -0.408. The van der Waals surface area contributed by atoms with E-state index in [1.807, 2.05) is 49.3 Å². The molecule has 1 aromatic heterocycles. The molecule has 2 aliphatic rings. The number of nitrogens with one attached hydrogen (secondary N) is 1. The van der Waals surface area contributed by atoms with Gasteiger partial charge in [0.15, 0.2) is 11.5 Å². The second kappa shape index (κ2) is 10.9. The van der Waals surface area contributed by atoms with Crippen molar-refractivity contribution in [2.45, 2.75) is 65.3 Å². The zero-order valence-corrected chi connectivity index (χ0v) is 21.8. The van der Waals surface area contributed by atoms with Crippen LogP contribution >= 0.6 is 11.3 Å². The lowest BCUT2D eigenvalue weighted by Crippen LogP contribution is -2.53. The molecule has 1 saturated heterocycles. The Morgan fingerprint density at radius 1 is 1.11 bits per heavy atom. The van der Waals surface area contributed by atoms with E-state index in [-0.39, 0.29) is 31.4 Å². The summed E-state index contributed by atoms with van der Waals surface area (Å²) in [6.07, 6.45) is 1.82. The van der Waals surface area contributed by atoms with Gasteiger partial charge in [0.1, 0.15) is 6.54 Å². The van der Waals surface area contributed by atoms with E-state index in [2.05, 4.69) is 18.3 Å². The fraction of sp³-hybridized carbons (Fsp3) is 0.538. The molecule has 0 aliphatic carbocycles. The molecule has 0 bridgehead atoms. The Kier molecular flexibility index (Phi) is 7.86. The van der Waals surface area contributed by atoms with Gasteiger partial charge in [0.25, 0.3) is 0 Å². The summed E-state index contributed by atoms with van der Waals surface area (Å²) in [5.74, 6) is 1.28. The molecule has 4 rings (SSSR count). The van der Waals surface area contributed by atoms with Gasteiger partial charge in [0.05, 0.1) is 12.6 Å². The highest BCUT2D eigenvalue weighted by Gasteiger charge is 2.29. The van der Waals surface area contributed by atoms with Gasteiger partial charge in [0, 0.05) is 30.1 Å². The molecule has 0 unspecified atom stereocenters. The third kappa shape index (κ3) is 6.89. The number of nitrogens with zero attached hydrogens (tertiary/aromatic N) is 2. The normalized spacial score (nSPS) is 16.9. The lowest BCUT2D eigenvalue weighted by atomic mass is 10.1. The summed E-state index contributed by atoms with van der Waals surface area (Å²) in [6, 6.07) is 7.55. The summed E-state index contributed by atoms with van der Waals surface area (Å²) in [6.45, 7) is 10.0. The smallest absolute Gasteiger partial charge is 0.318 e. The molecule has 2 aliphatic heterocycles. The number of fused-ring (bicyclic) bond motifs is 1. The molecule has 9 heteroatoms. The summed E-state index contributed by atoms with van der Waals surface area (Å²) < 4.78 is 16.7. The van der Waals surface area contributed by atoms with Crippen LogP contribution in [-0.2, 0) is 22.6 Å². The number of carbonyl (C=O) groups excluding carboxylic acids is 2. The molecule has 0 saturated carbocycles. The molecule has 8 nitrogen and oxygen atoms in total. The number of aryl methyl sites for hydroxylation is 1. The van der Waals surface area contributed by atoms with Gasteiger partial charge in [-0.1, -0.05) is 6.07 Å². The van der Waals surface area contributed by atoms with Gasteiger partial charge in [-0.15, -0.1) is 11.3 Å². The second-order valence-corrected chi connectivity index (χ2v) is 11.2. The average Bonchev–Trinajstić information content (AvgIpc) is 3.54. The topological polar surface area (TPSA) is 80.3 Å². The average molecular weight is 502 g/mol. The van der Waals surface area contributed by atoms with Crippen LogP contribution in [0.5, 0.6) is 11.5 Å². The van der Waals surface area contributed by atoms with E-state index < -0.39 is 5.54 Å². The van der Waals surface area contributed by atoms with Gasteiger partial charge < -0.3 is 29.3 Å². The van der Waals surface area contributed by atoms with Crippen molar-refractivity contribution >= 4 is 23.3 Å². The first kappa shape index (κ1) is 25.3. The summed E-state index contributed by atoms with van der Waals surface area (Å²) in [5, 5.41) is 5.04. The third-order valence-electron chi connectivity index (χ3n) is 6.01. The molecule has 35 heavy (non-hydrogen) atoms. The fourth-order valence-electron chi connectivity index (χ4n) is 4.15. The predicted molar refractivity (Wildman–Crippen MR) is 135 cm³/mol. The molecule has 190 valence electrons. The van der Waals surface area contributed by atoms with Gasteiger partial charge >= 0.3 is 6.03 Å². The van der Waals surface area contributed by atoms with Crippen molar-refractivity contribution in [3.8, 4) is 11.5 Å². The van der Waals surface area contributed by atoms with Gasteiger partial charge in [-0.05, 0) is 75.2 Å². The monoisotopic (exact) mass is 501 g/mol. The molecule has 1 fully saturated rings. The highest BCUT2D eigenvalue weighted by molar-refractivity contribution is 7.10. The fourth-order valence-corrected chi connectivity index (χ4v) is 5.07. The van der Waals surface area contributed by atoms with Crippen LogP contribution in [0, 0.1) is 6.92 Å². The van der Waals surface area contributed by atoms with Crippen molar-refractivity contribution in [3.63, 3.8) is 0 Å². The van der Waals surface area contributed by atoms with E-state index >= 15 is 0 Å². The molecule has 1 aromatic carbocycles. The molecule has 2 aromatic rings. The first-order chi connectivity index (χ1) is 16.7. The van der Waals surface area contributed by atoms with Crippen LogP contribution in [0.1, 0.15) is 49.6 Å². The maximum Gasteiger partial charge on any atom is 0.318 e. The number of amides is 3. The number of hydrogen-bond acceptors (Lipinski definition) is 6. The second-order valence-electron chi connectivity index (χ2n) is 10.2. The Balaban J connectivity index is 1.53. The van der Waals surface area contributed by atoms with E-state index in [4.69, 9.17) is 14.2 Å². The zero-order valence-electron chi connectivity index (χ0n) is 21.0. The summed E-state index contributed by atoms with van der Waals surface area (Å²) in [5.41, 5.74) is 1.69. The Morgan fingerprint density at radius 2 is 1.91 bits per heavy atom. The molecule has 3 heterocycles. The standard InChI is InChI=1S/C26H35N3O5S/c1-18-9-11-35-23(18)15-28(13-19-7-8-21-22(12-19)34-17-33-21)24(30)16-29(14-20-6-5-10-32-20)25(31)27-26(2,3)4/h7-9,11-12,20H,5-6,10,13-17H2,1-4H3,(H,27,31)/t20-/m1/s1. The van der Waals surface area contributed by atoms with Gasteiger partial charge in [-0.25, -0.2) is 4.79 Å². The van der Waals surface area contributed by atoms with Crippen molar-refractivity contribution in [3.05, 3.63) is 45.6 Å². The molecule has 3 amide bonds. The number of thiophene rings is 1. The Hall–Kier alpha value is -2.78. The van der Waals surface area contributed by atoms with Crippen LogP contribution in [0.3, 0.4) is 0 Å². The Bertz CT molecular complexity index is 1040. The van der Waals surface area contributed by atoms with E-state index in [1.54, 1.807) is 16.2 Å². The quantitative estimate of drug-likeness (QED) is 0.583. The summed E-state index contributed by atoms with van der Waals surface area (Å²) >= 11 is 1.63. The van der Waals surface area contributed by atoms with Crippen LogP contribution in [0.2, 0.25) is 0 Å². The van der Waals surface area contributed by atoms with Crippen molar-refractivity contribution in [1.29, 1.82) is 0 Å². The Morgan fingerprint density at radius 3 is 2.60 bits per heavy atom. The van der Waals surface area contributed by atoms with Crippen molar-refractivity contribution < 1.29 is 23.8 Å². The van der Waals surface area contributed by atoms with Crippen molar-refractivity contribution in [2.75, 3.05) is 26.5 Å². The van der Waals surface area contributed by atoms with E-state index in [0.29, 0.717) is 37.7 Å². The largest absolute Gasteiger partial charge is 0.454 e. The number of rotatable bonds is 8. The van der Waals surface area contributed by atoms with Crippen LogP contribution in [0.15, 0.2) is 29.6 Å². The van der Waals surface area contributed by atoms with Crippen molar-refractivity contribution in [2.24, 2.45) is 0 Å². The minimum absolute atomic E-state index is 0.0171. The van der Waals surface area contributed by atoms with Crippen molar-refractivity contribution in [1.82, 2.24) is 15.1 Å². The van der Waals surface area contributed by atoms with Crippen LogP contribution < -0.4 is 14.8 Å². The lowest BCUT2D eigenvalue weighted by molar-refractivity contribution is -0.133. The van der Waals surface area contributed by atoms with Gasteiger partial charge in [-0.2, -0.15) is 0 Å². The molecular formula is C26H35N3O5S. The molecular weight excluding hydrogens is 466 g/mol. The molecule has 0 spiro atoms. The SMILES string of the molecule is Cc1ccsc1CN(Cc1ccc2c(c1)OCO2)C(=O)CN(C[C@H]1CCCO1)C(=O)NC(C)(C)C. The van der Waals surface area contributed by atoms with E-state index in [0.717, 1.165) is 28.8 Å². The first-order valence-corrected chi connectivity index (χ1v) is 12.9. The highest BCUT2D eigenvalue weighted by Crippen LogP contribution is 2.33. The number of carbonyl (C=O) groups is 2. The van der Waals surface area contributed by atoms with E-state index in [1.165, 1.54) is 0 Å². The highest BCUT2D eigenvalue weighted by atomic mass is 32.1. The Labute approximate surface area is 211 Å². The first-order valence-electron chi connectivity index (χ1n) is 12.1. The molecule has 0 radical (unpaired) electrons. The minimum Gasteiger partial charge on any atom is -0.454 e. The van der Waals surface area contributed by atoms with E-state index in [9.17, 15) is 9.59 Å². The summed E-state index contributed by atoms with van der Waals surface area (Å²) in [7, 11) is 0. The maximum atomic E-state index is 13.7. The maximum absolute atomic E-state index is 13.7. The van der Waals surface area contributed by atoms with Gasteiger partial charge in [0.2, 0.25) is 12.7 Å². The van der Waals surface area contributed by atoms with Crippen LogP contribution in [0.4, 0.5) is 4.79 Å². The molecule has 1 atom stereocenters. The zero-order chi connectivity index (χ0) is 25.0. The number of ether oxygens (including phenoxy) is 3. The number of benzene rings is 1. The number of urea groups is 1. The molecule has 1 N–H and O–H groups in total. The lowest BCUT2D eigenvalue weighted by Gasteiger charge is -2.31. The van der Waals surface area contributed by atoms with Crippen LogP contribution in [-0.4, -0.2) is 59.9 Å².